The molecule has 26 heavy (non-hydrogen) atoms. The molecule has 0 unspecified atom stereocenters. The van der Waals surface area contributed by atoms with Crippen molar-refractivity contribution in [2.75, 3.05) is 26.9 Å². The van der Waals surface area contributed by atoms with Gasteiger partial charge in [0, 0.05) is 41.1 Å². The largest absolute Gasteiger partial charge is 0.493 e. The van der Waals surface area contributed by atoms with Gasteiger partial charge in [-0.1, -0.05) is 12.8 Å². The topological polar surface area (TPSA) is 56.4 Å². The number of aromatic amines is 1. The smallest absolute Gasteiger partial charge is 0.163 e. The van der Waals surface area contributed by atoms with E-state index in [4.69, 9.17) is 19.2 Å². The van der Waals surface area contributed by atoms with Gasteiger partial charge in [-0.2, -0.15) is 0 Å². The summed E-state index contributed by atoms with van der Waals surface area (Å²) in [6.07, 6.45) is 6.98. The first kappa shape index (κ1) is 17.2. The van der Waals surface area contributed by atoms with Crippen LogP contribution in [-0.4, -0.2) is 36.9 Å². The number of methoxy groups -OCH3 is 1. The highest BCUT2D eigenvalue weighted by Gasteiger charge is 2.23. The highest BCUT2D eigenvalue weighted by Crippen LogP contribution is 2.41. The van der Waals surface area contributed by atoms with Gasteiger partial charge in [-0.05, 0) is 31.9 Å². The molecule has 1 aliphatic rings. The molecule has 0 bridgehead atoms. The second kappa shape index (κ2) is 7.54. The monoisotopic (exact) mass is 354 g/mol. The standard InChI is InChI=1S/C21H26N2O3/c1-3-25-10-11-26-19-13-17-15(12-18(19)24-2)20-16(23-17)8-9-22-21(20)14-6-4-5-7-14/h8-9,12-14,23H,3-7,10-11H2,1-2H3. The summed E-state index contributed by atoms with van der Waals surface area (Å²) in [5.74, 6) is 2.04. The Balaban J connectivity index is 1.77. The average Bonchev–Trinajstić information content (AvgIpc) is 3.31. The minimum absolute atomic E-state index is 0.505. The van der Waals surface area contributed by atoms with Crippen molar-refractivity contribution in [3.05, 3.63) is 30.1 Å². The summed E-state index contributed by atoms with van der Waals surface area (Å²) in [6.45, 7) is 3.75. The fourth-order valence-corrected chi connectivity index (χ4v) is 4.02. The molecule has 2 aromatic heterocycles. The number of rotatable bonds is 7. The zero-order chi connectivity index (χ0) is 17.9. The Morgan fingerprint density at radius 1 is 1.12 bits per heavy atom. The summed E-state index contributed by atoms with van der Waals surface area (Å²) in [7, 11) is 1.68. The predicted molar refractivity (Wildman–Crippen MR) is 103 cm³/mol. The highest BCUT2D eigenvalue weighted by atomic mass is 16.5. The van der Waals surface area contributed by atoms with Crippen molar-refractivity contribution in [2.45, 2.75) is 38.5 Å². The van der Waals surface area contributed by atoms with Crippen LogP contribution in [0.5, 0.6) is 11.5 Å². The SMILES string of the molecule is CCOCCOc1cc2[nH]c3ccnc(C4CCCC4)c3c2cc1OC. The summed E-state index contributed by atoms with van der Waals surface area (Å²) in [5, 5.41) is 2.39. The molecule has 1 N–H and O–H groups in total. The molecule has 0 saturated heterocycles. The van der Waals surface area contributed by atoms with Gasteiger partial charge in [0.1, 0.15) is 6.61 Å². The fourth-order valence-electron chi connectivity index (χ4n) is 4.02. The maximum atomic E-state index is 5.88. The van der Waals surface area contributed by atoms with Gasteiger partial charge in [0.2, 0.25) is 0 Å². The van der Waals surface area contributed by atoms with Crippen LogP contribution in [0.15, 0.2) is 24.4 Å². The third-order valence-electron chi connectivity index (χ3n) is 5.25. The van der Waals surface area contributed by atoms with Crippen LogP contribution in [0.2, 0.25) is 0 Å². The molecule has 1 aromatic carbocycles. The van der Waals surface area contributed by atoms with Gasteiger partial charge in [-0.15, -0.1) is 0 Å². The zero-order valence-electron chi connectivity index (χ0n) is 15.5. The number of nitrogens with one attached hydrogen (secondary N) is 1. The van der Waals surface area contributed by atoms with E-state index < -0.39 is 0 Å². The number of hydrogen-bond donors (Lipinski definition) is 1. The Bertz CT molecular complexity index is 897. The van der Waals surface area contributed by atoms with Crippen molar-refractivity contribution in [3.63, 3.8) is 0 Å². The Hall–Kier alpha value is -2.27. The second-order valence-corrected chi connectivity index (χ2v) is 6.82. The lowest BCUT2D eigenvalue weighted by molar-refractivity contribution is 0.109. The number of aromatic nitrogens is 2. The molecular weight excluding hydrogens is 328 g/mol. The lowest BCUT2D eigenvalue weighted by atomic mass is 9.98. The minimum Gasteiger partial charge on any atom is -0.493 e. The van der Waals surface area contributed by atoms with Crippen LogP contribution >= 0.6 is 0 Å². The number of benzene rings is 1. The van der Waals surface area contributed by atoms with Crippen molar-refractivity contribution >= 4 is 21.8 Å². The number of H-pyrrole nitrogens is 1. The van der Waals surface area contributed by atoms with E-state index in [1.54, 1.807) is 7.11 Å². The van der Waals surface area contributed by atoms with Crippen molar-refractivity contribution in [1.29, 1.82) is 0 Å². The summed E-state index contributed by atoms with van der Waals surface area (Å²) < 4.78 is 16.8. The molecule has 4 rings (SSSR count). The van der Waals surface area contributed by atoms with E-state index in [1.807, 2.05) is 19.2 Å². The molecule has 0 atom stereocenters. The van der Waals surface area contributed by atoms with Crippen LogP contribution < -0.4 is 9.47 Å². The molecule has 3 aromatic rings. The van der Waals surface area contributed by atoms with Crippen molar-refractivity contribution in [1.82, 2.24) is 9.97 Å². The molecule has 138 valence electrons. The predicted octanol–water partition coefficient (Wildman–Crippen LogP) is 4.80. The molecule has 0 radical (unpaired) electrons. The Morgan fingerprint density at radius 3 is 2.73 bits per heavy atom. The van der Waals surface area contributed by atoms with Gasteiger partial charge in [-0.25, -0.2) is 0 Å². The summed E-state index contributed by atoms with van der Waals surface area (Å²) in [6, 6.07) is 6.15. The summed E-state index contributed by atoms with van der Waals surface area (Å²) in [5.41, 5.74) is 3.41. The van der Waals surface area contributed by atoms with E-state index in [0.717, 1.165) is 27.9 Å². The van der Waals surface area contributed by atoms with Gasteiger partial charge in [0.25, 0.3) is 0 Å². The molecule has 5 nitrogen and oxygen atoms in total. The van der Waals surface area contributed by atoms with Crippen LogP contribution in [0.4, 0.5) is 0 Å². The van der Waals surface area contributed by atoms with Gasteiger partial charge in [0.15, 0.2) is 11.5 Å². The Kier molecular flexibility index (Phi) is 4.98. The lowest BCUT2D eigenvalue weighted by Gasteiger charge is -2.12. The number of nitrogens with zero attached hydrogens (tertiary/aromatic N) is 1. The maximum absolute atomic E-state index is 5.88. The quantitative estimate of drug-likeness (QED) is 0.619. The van der Waals surface area contributed by atoms with Crippen LogP contribution in [0, 0.1) is 0 Å². The zero-order valence-corrected chi connectivity index (χ0v) is 15.5. The van der Waals surface area contributed by atoms with E-state index in [9.17, 15) is 0 Å². The molecule has 5 heteroatoms. The minimum atomic E-state index is 0.505. The van der Waals surface area contributed by atoms with Gasteiger partial charge < -0.3 is 19.2 Å². The first-order valence-corrected chi connectivity index (χ1v) is 9.50. The van der Waals surface area contributed by atoms with Gasteiger partial charge in [-0.3, -0.25) is 4.98 Å². The Morgan fingerprint density at radius 2 is 1.96 bits per heavy atom. The number of fused-ring (bicyclic) bond motifs is 3. The molecule has 1 saturated carbocycles. The first-order valence-electron chi connectivity index (χ1n) is 9.50. The number of ether oxygens (including phenoxy) is 3. The third-order valence-corrected chi connectivity index (χ3v) is 5.25. The van der Waals surface area contributed by atoms with E-state index in [2.05, 4.69) is 17.1 Å². The van der Waals surface area contributed by atoms with Crippen molar-refractivity contribution in [2.24, 2.45) is 0 Å². The number of hydrogen-bond acceptors (Lipinski definition) is 4. The Labute approximate surface area is 153 Å². The molecule has 2 heterocycles. The van der Waals surface area contributed by atoms with E-state index in [0.29, 0.717) is 25.7 Å². The maximum Gasteiger partial charge on any atom is 0.163 e. The van der Waals surface area contributed by atoms with Gasteiger partial charge in [0.05, 0.1) is 24.9 Å². The first-order chi connectivity index (χ1) is 12.8. The average molecular weight is 354 g/mol. The molecular formula is C21H26N2O3. The van der Waals surface area contributed by atoms with Crippen LogP contribution in [0.25, 0.3) is 21.8 Å². The van der Waals surface area contributed by atoms with E-state index in [-0.39, 0.29) is 0 Å². The van der Waals surface area contributed by atoms with Gasteiger partial charge >= 0.3 is 0 Å². The second-order valence-electron chi connectivity index (χ2n) is 6.82. The van der Waals surface area contributed by atoms with E-state index in [1.165, 1.54) is 36.8 Å². The summed E-state index contributed by atoms with van der Waals surface area (Å²) >= 11 is 0. The highest BCUT2D eigenvalue weighted by molar-refractivity contribution is 6.09. The summed E-state index contributed by atoms with van der Waals surface area (Å²) in [4.78, 5) is 8.28. The molecule has 1 aliphatic carbocycles. The molecule has 1 fully saturated rings. The van der Waals surface area contributed by atoms with Crippen LogP contribution in [-0.2, 0) is 4.74 Å². The normalized spacial score (nSPS) is 15.2. The van der Waals surface area contributed by atoms with Crippen molar-refractivity contribution < 1.29 is 14.2 Å². The third kappa shape index (κ3) is 3.12. The molecule has 0 amide bonds. The molecule has 0 spiro atoms. The molecule has 0 aliphatic heterocycles. The number of pyridine rings is 1. The lowest BCUT2D eigenvalue weighted by Crippen LogP contribution is -2.07. The fraction of sp³-hybridized carbons (Fsp3) is 0.476. The van der Waals surface area contributed by atoms with E-state index >= 15 is 0 Å². The van der Waals surface area contributed by atoms with Crippen LogP contribution in [0.3, 0.4) is 0 Å². The van der Waals surface area contributed by atoms with Crippen LogP contribution in [0.1, 0.15) is 44.2 Å². The van der Waals surface area contributed by atoms with Crippen molar-refractivity contribution in [3.8, 4) is 11.5 Å².